The molecule has 0 bridgehead atoms. The van der Waals surface area contributed by atoms with Gasteiger partial charge >= 0.3 is 7.48 Å². The number of hydrogen-bond acceptors (Lipinski definition) is 6. The van der Waals surface area contributed by atoms with Gasteiger partial charge in [0.05, 0.1) is 7.06 Å². The van der Waals surface area contributed by atoms with Crippen LogP contribution in [0.15, 0.2) is 0 Å². The normalized spacial score (nSPS) is 31.5. The van der Waals surface area contributed by atoms with Crippen LogP contribution in [0.25, 0.3) is 0 Å². The highest BCUT2D eigenvalue weighted by Gasteiger charge is 2.72. The minimum Gasteiger partial charge on any atom is -0.356 e. The molecule has 2 saturated heterocycles. The van der Waals surface area contributed by atoms with Crippen molar-refractivity contribution in [1.29, 1.82) is 0 Å². The largest absolute Gasteiger partial charge is 0.356 e. The smallest absolute Gasteiger partial charge is 0.305 e. The third-order valence-corrected chi connectivity index (χ3v) is 6.46. The summed E-state index contributed by atoms with van der Waals surface area (Å²) < 4.78 is 56.2. The molecule has 2 rings (SSSR count). The summed E-state index contributed by atoms with van der Waals surface area (Å²) in [6, 6.07) is 0. The SMILES string of the molecule is [B][B]B1OS(=O)(=O)B([B])C12[B]OS(=O)(=O)B2B([B])[B]. The van der Waals surface area contributed by atoms with Crippen molar-refractivity contribution in [2.75, 3.05) is 0 Å². The number of rotatable bonds is 2. The van der Waals surface area contributed by atoms with Gasteiger partial charge in [0.2, 0.25) is 6.81 Å². The molecule has 0 saturated carbocycles. The van der Waals surface area contributed by atoms with Gasteiger partial charge in [-0.1, -0.05) is 0 Å². The van der Waals surface area contributed by atoms with Crippen LogP contribution in [0.5, 0.6) is 0 Å². The molecule has 2 heterocycles. The molecule has 0 N–H and O–H groups in total. The van der Waals surface area contributed by atoms with Crippen molar-refractivity contribution in [1.82, 2.24) is 0 Å². The van der Waals surface area contributed by atoms with Gasteiger partial charge in [0, 0.05) is 37.3 Å². The monoisotopic (exact) mass is 282 g/mol. The van der Waals surface area contributed by atoms with Gasteiger partial charge in [-0.3, -0.25) is 0 Å². The third-order valence-electron chi connectivity index (χ3n) is 3.25. The molecule has 82 valence electrons. The minimum absolute atomic E-state index is 0.781. The fourth-order valence-electron chi connectivity index (χ4n) is 2.41. The second-order valence-electron chi connectivity index (χ2n) is 4.33. The fraction of sp³-hybridized carbons (Fsp3) is 1.00. The summed E-state index contributed by atoms with van der Waals surface area (Å²) in [5, 5.41) is -1.78. The Morgan fingerprint density at radius 3 is 2.26 bits per heavy atom. The molecular formula is CB10O6S2. The Labute approximate surface area is 120 Å². The van der Waals surface area contributed by atoms with Gasteiger partial charge in [-0.25, -0.2) is 16.8 Å². The van der Waals surface area contributed by atoms with E-state index in [1.165, 1.54) is 0 Å². The van der Waals surface area contributed by atoms with Crippen LogP contribution in [-0.2, 0) is 28.1 Å². The third kappa shape index (κ3) is 2.13. The van der Waals surface area contributed by atoms with E-state index in [0.29, 0.717) is 0 Å². The lowest BCUT2D eigenvalue weighted by atomic mass is 8.83. The van der Waals surface area contributed by atoms with E-state index >= 15 is 0 Å². The summed E-state index contributed by atoms with van der Waals surface area (Å²) in [5.74, 6) is -3.29. The first-order valence-corrected chi connectivity index (χ1v) is 8.04. The van der Waals surface area contributed by atoms with Gasteiger partial charge in [0.15, 0.2) is 19.9 Å². The van der Waals surface area contributed by atoms with E-state index in [9.17, 15) is 16.8 Å². The summed E-state index contributed by atoms with van der Waals surface area (Å²) in [6.45, 7) is -1.33. The molecule has 0 aromatic carbocycles. The zero-order chi connectivity index (χ0) is 14.6. The molecule has 6 nitrogen and oxygen atoms in total. The van der Waals surface area contributed by atoms with Gasteiger partial charge < -0.3 is 8.20 Å². The summed E-state index contributed by atoms with van der Waals surface area (Å²) in [7, 11) is 15.0. The van der Waals surface area contributed by atoms with E-state index in [-0.39, 0.29) is 0 Å². The lowest BCUT2D eigenvalue weighted by molar-refractivity contribution is 0.519. The molecule has 1 unspecified atom stereocenters. The first-order chi connectivity index (χ1) is 8.59. The molecule has 0 aliphatic carbocycles. The molecule has 0 aromatic rings. The van der Waals surface area contributed by atoms with E-state index in [1.807, 2.05) is 0 Å². The lowest BCUT2D eigenvalue weighted by Crippen LogP contribution is -2.61. The predicted octanol–water partition coefficient (Wildman–Crippen LogP) is -5.07. The van der Waals surface area contributed by atoms with Crippen molar-refractivity contribution in [3.05, 3.63) is 0 Å². The molecule has 10 radical (unpaired) electrons. The molecule has 18 heteroatoms. The highest BCUT2D eigenvalue weighted by molar-refractivity contribution is 8.30. The Morgan fingerprint density at radius 1 is 1.21 bits per heavy atom. The van der Waals surface area contributed by atoms with Crippen molar-refractivity contribution in [3.8, 4) is 0 Å². The Bertz CT molecular complexity index is 569. The molecule has 0 aromatic heterocycles. The van der Waals surface area contributed by atoms with Crippen molar-refractivity contribution >= 4 is 90.4 Å². The van der Waals surface area contributed by atoms with Crippen LogP contribution in [0.4, 0.5) is 0 Å². The molecular weight excluding hydrogens is 280 g/mol. The maximum Gasteiger partial charge on any atom is 0.305 e. The van der Waals surface area contributed by atoms with Crippen molar-refractivity contribution in [3.63, 3.8) is 0 Å². The summed E-state index contributed by atoms with van der Waals surface area (Å²) >= 11 is 0. The van der Waals surface area contributed by atoms with Crippen LogP contribution in [0.1, 0.15) is 0 Å². The molecule has 1 atom stereocenters. The Kier molecular flexibility index (Phi) is 3.96. The van der Waals surface area contributed by atoms with Crippen LogP contribution in [0.3, 0.4) is 0 Å². The molecule has 2 aliphatic heterocycles. The van der Waals surface area contributed by atoms with Crippen molar-refractivity contribution in [2.45, 2.75) is 5.01 Å². The summed E-state index contributed by atoms with van der Waals surface area (Å²) in [4.78, 5) is 0. The van der Waals surface area contributed by atoms with Gasteiger partial charge in [-0.2, -0.15) is 0 Å². The van der Waals surface area contributed by atoms with Crippen LogP contribution >= 0.6 is 0 Å². The summed E-state index contributed by atoms with van der Waals surface area (Å²) in [5.41, 5.74) is 0. The Balaban J connectivity index is 2.63. The van der Waals surface area contributed by atoms with Gasteiger partial charge in [-0.05, 0) is 5.01 Å². The fourth-order valence-corrected chi connectivity index (χ4v) is 5.61. The average Bonchev–Trinajstić information content (AvgIpc) is 2.66. The maximum absolute atomic E-state index is 11.8. The predicted molar refractivity (Wildman–Crippen MR) is 80.2 cm³/mol. The quantitative estimate of drug-likeness (QED) is 0.470. The zero-order valence-corrected chi connectivity index (χ0v) is 11.2. The maximum atomic E-state index is 11.8. The average molecular weight is 280 g/mol. The first-order valence-electron chi connectivity index (χ1n) is 5.10. The second kappa shape index (κ2) is 4.74. The summed E-state index contributed by atoms with van der Waals surface area (Å²) in [6.07, 6.45) is -1.42. The van der Waals surface area contributed by atoms with E-state index in [1.54, 1.807) is 0 Å². The van der Waals surface area contributed by atoms with Crippen LogP contribution < -0.4 is 0 Å². The van der Waals surface area contributed by atoms with Crippen molar-refractivity contribution < 1.29 is 25.0 Å². The van der Waals surface area contributed by atoms with E-state index < -0.39 is 49.9 Å². The molecule has 1 spiro atoms. The Hall–Kier alpha value is 0.469. The van der Waals surface area contributed by atoms with Crippen molar-refractivity contribution in [2.24, 2.45) is 0 Å². The van der Waals surface area contributed by atoms with E-state index in [4.69, 9.17) is 35.0 Å². The lowest BCUT2D eigenvalue weighted by Gasteiger charge is -2.30. The molecule has 2 aliphatic rings. The zero-order valence-electron chi connectivity index (χ0n) is 9.54. The topological polar surface area (TPSA) is 86.7 Å². The first kappa shape index (κ1) is 15.9. The van der Waals surface area contributed by atoms with Gasteiger partial charge in [0.1, 0.15) is 0 Å². The van der Waals surface area contributed by atoms with Crippen LogP contribution in [-0.4, -0.2) is 87.3 Å². The number of hydrogen-bond donors (Lipinski definition) is 0. The standard InChI is InChI=1S/CB10O6S2/c2-7-9-1(8(3)18(12,13)17-9)6-16-19(14,15)10(1)11(4)5. The highest BCUT2D eigenvalue weighted by atomic mass is 32.2. The van der Waals surface area contributed by atoms with Gasteiger partial charge in [0.25, 0.3) is 11.8 Å². The molecule has 19 heavy (non-hydrogen) atoms. The Morgan fingerprint density at radius 2 is 1.79 bits per heavy atom. The van der Waals surface area contributed by atoms with Crippen LogP contribution in [0.2, 0.25) is 5.01 Å². The highest BCUT2D eigenvalue weighted by Crippen LogP contribution is 2.48. The van der Waals surface area contributed by atoms with E-state index in [2.05, 4.69) is 4.10 Å². The molecule has 2 fully saturated rings. The van der Waals surface area contributed by atoms with Crippen LogP contribution in [0, 0.1) is 0 Å². The second-order valence-corrected chi connectivity index (χ2v) is 7.70. The minimum atomic E-state index is -4.21. The molecule has 0 amide bonds. The van der Waals surface area contributed by atoms with E-state index in [0.717, 1.165) is 14.5 Å². The van der Waals surface area contributed by atoms with Gasteiger partial charge in [-0.15, -0.1) is 0 Å².